The van der Waals surface area contributed by atoms with E-state index in [-0.39, 0.29) is 5.91 Å². The van der Waals surface area contributed by atoms with Crippen LogP contribution in [-0.2, 0) is 6.42 Å². The molecule has 1 N–H and O–H groups in total. The van der Waals surface area contributed by atoms with Crippen LogP contribution in [0.25, 0.3) is 0 Å². The highest BCUT2D eigenvalue weighted by molar-refractivity contribution is 5.92. The van der Waals surface area contributed by atoms with Crippen molar-refractivity contribution in [2.24, 2.45) is 0 Å². The van der Waals surface area contributed by atoms with Gasteiger partial charge in [-0.3, -0.25) is 9.78 Å². The molecule has 132 valence electrons. The van der Waals surface area contributed by atoms with Gasteiger partial charge in [-0.2, -0.15) is 0 Å². The van der Waals surface area contributed by atoms with Gasteiger partial charge >= 0.3 is 0 Å². The third kappa shape index (κ3) is 4.42. The maximum atomic E-state index is 12.5. The molecule has 2 aromatic heterocycles. The van der Waals surface area contributed by atoms with Crippen molar-refractivity contribution in [1.82, 2.24) is 20.1 Å². The van der Waals surface area contributed by atoms with Gasteiger partial charge in [-0.05, 0) is 54.8 Å². The van der Waals surface area contributed by atoms with E-state index in [1.165, 1.54) is 0 Å². The number of aromatic nitrogens is 3. The van der Waals surface area contributed by atoms with Crippen LogP contribution in [0.2, 0.25) is 0 Å². The fraction of sp³-hybridized carbons (Fsp3) is 0.200. The zero-order valence-electron chi connectivity index (χ0n) is 14.9. The minimum absolute atomic E-state index is 0.144. The van der Waals surface area contributed by atoms with Crippen molar-refractivity contribution < 1.29 is 4.79 Å². The first kappa shape index (κ1) is 17.5. The second-order valence-electron chi connectivity index (χ2n) is 6.08. The first-order chi connectivity index (χ1) is 12.6. The van der Waals surface area contributed by atoms with Crippen LogP contribution in [0.5, 0.6) is 0 Å². The number of hydrogen-bond donors (Lipinski definition) is 1. The summed E-state index contributed by atoms with van der Waals surface area (Å²) < 4.78 is 0. The third-order valence-electron chi connectivity index (χ3n) is 4.12. The number of nitrogens with zero attached hydrogens (tertiary/aromatic N) is 4. The highest BCUT2D eigenvalue weighted by atomic mass is 16.2. The van der Waals surface area contributed by atoms with Gasteiger partial charge in [-0.25, -0.2) is 0 Å². The molecule has 0 aliphatic carbocycles. The number of para-hydroxylation sites is 1. The first-order valence-electron chi connectivity index (χ1n) is 8.44. The van der Waals surface area contributed by atoms with Gasteiger partial charge in [0.25, 0.3) is 5.91 Å². The number of aryl methyl sites for hydroxylation is 1. The number of likely N-dealkylation sites (N-methyl/N-ethyl adjacent to an activating group) is 1. The highest BCUT2D eigenvalue weighted by Crippen LogP contribution is 2.18. The molecule has 2 heterocycles. The Balaban J connectivity index is 1.60. The Morgan fingerprint density at radius 2 is 1.81 bits per heavy atom. The Hall–Kier alpha value is -3.28. The molecule has 0 fully saturated rings. The van der Waals surface area contributed by atoms with E-state index in [2.05, 4.69) is 20.5 Å². The number of carbonyl (C=O) groups is 1. The number of pyridine rings is 1. The lowest BCUT2D eigenvalue weighted by molar-refractivity contribution is 0.0789. The van der Waals surface area contributed by atoms with Gasteiger partial charge in [0, 0.05) is 31.7 Å². The first-order valence-corrected chi connectivity index (χ1v) is 8.44. The summed E-state index contributed by atoms with van der Waals surface area (Å²) in [6.45, 7) is 2.62. The summed E-state index contributed by atoms with van der Waals surface area (Å²) in [4.78, 5) is 18.1. The molecule has 0 bridgehead atoms. The Bertz CT molecular complexity index is 865. The largest absolute Gasteiger partial charge is 0.340 e. The van der Waals surface area contributed by atoms with Gasteiger partial charge in [0.05, 0.1) is 0 Å². The predicted octanol–water partition coefficient (Wildman–Crippen LogP) is 3.24. The molecule has 6 heteroatoms. The normalized spacial score (nSPS) is 10.4. The number of carbonyl (C=O) groups excluding carboxylic acids is 1. The van der Waals surface area contributed by atoms with Gasteiger partial charge in [-0.1, -0.05) is 18.2 Å². The number of anilines is 2. The van der Waals surface area contributed by atoms with Crippen molar-refractivity contribution in [3.8, 4) is 0 Å². The van der Waals surface area contributed by atoms with Crippen LogP contribution >= 0.6 is 0 Å². The summed E-state index contributed by atoms with van der Waals surface area (Å²) in [7, 11) is 1.77. The smallest absolute Gasteiger partial charge is 0.274 e. The van der Waals surface area contributed by atoms with E-state index in [0.717, 1.165) is 23.2 Å². The van der Waals surface area contributed by atoms with Crippen molar-refractivity contribution in [2.45, 2.75) is 13.3 Å². The Labute approximate surface area is 152 Å². The molecule has 26 heavy (non-hydrogen) atoms. The molecular weight excluding hydrogens is 326 g/mol. The molecule has 0 aliphatic rings. The molecule has 3 rings (SSSR count). The molecule has 0 atom stereocenters. The average molecular weight is 347 g/mol. The molecule has 1 amide bonds. The molecule has 0 spiro atoms. The van der Waals surface area contributed by atoms with Gasteiger partial charge in [0.2, 0.25) is 0 Å². The lowest BCUT2D eigenvalue weighted by Gasteiger charge is -2.16. The van der Waals surface area contributed by atoms with Crippen molar-refractivity contribution >= 4 is 17.4 Å². The quantitative estimate of drug-likeness (QED) is 0.741. The van der Waals surface area contributed by atoms with E-state index in [1.54, 1.807) is 36.5 Å². The van der Waals surface area contributed by atoms with Crippen molar-refractivity contribution in [1.29, 1.82) is 0 Å². The standard InChI is InChI=1S/C20H21N5O/c1-15-5-3-4-6-17(15)22-19-8-7-18(23-24-19)20(26)25(2)14-11-16-9-12-21-13-10-16/h3-10,12-13H,11,14H2,1-2H3,(H,22,24). The zero-order chi connectivity index (χ0) is 18.4. The van der Waals surface area contributed by atoms with Crippen LogP contribution in [0, 0.1) is 6.92 Å². The zero-order valence-corrected chi connectivity index (χ0v) is 14.9. The fourth-order valence-corrected chi connectivity index (χ4v) is 2.51. The summed E-state index contributed by atoms with van der Waals surface area (Å²) in [6, 6.07) is 15.3. The van der Waals surface area contributed by atoms with Crippen LogP contribution in [0.4, 0.5) is 11.5 Å². The molecule has 0 aliphatic heterocycles. The summed E-state index contributed by atoms with van der Waals surface area (Å²) in [5.41, 5.74) is 3.56. The van der Waals surface area contributed by atoms with Crippen molar-refractivity contribution in [3.63, 3.8) is 0 Å². The molecular formula is C20H21N5O. The van der Waals surface area contributed by atoms with E-state index < -0.39 is 0 Å². The van der Waals surface area contributed by atoms with Gasteiger partial charge < -0.3 is 10.2 Å². The second-order valence-corrected chi connectivity index (χ2v) is 6.08. The van der Waals surface area contributed by atoms with Gasteiger partial charge in [0.1, 0.15) is 0 Å². The molecule has 0 radical (unpaired) electrons. The fourth-order valence-electron chi connectivity index (χ4n) is 2.51. The SMILES string of the molecule is Cc1ccccc1Nc1ccc(C(=O)N(C)CCc2ccncc2)nn1. The second kappa shape index (κ2) is 8.20. The van der Waals surface area contributed by atoms with E-state index in [4.69, 9.17) is 0 Å². The summed E-state index contributed by atoms with van der Waals surface area (Å²) >= 11 is 0. The van der Waals surface area contributed by atoms with E-state index in [0.29, 0.717) is 18.1 Å². The Morgan fingerprint density at radius 1 is 1.04 bits per heavy atom. The van der Waals surface area contributed by atoms with Crippen LogP contribution in [-0.4, -0.2) is 39.6 Å². The van der Waals surface area contributed by atoms with Crippen molar-refractivity contribution in [2.75, 3.05) is 18.9 Å². The van der Waals surface area contributed by atoms with Gasteiger partial charge in [-0.15, -0.1) is 10.2 Å². The monoisotopic (exact) mass is 347 g/mol. The Kier molecular flexibility index (Phi) is 5.53. The minimum atomic E-state index is -0.144. The lowest BCUT2D eigenvalue weighted by Crippen LogP contribution is -2.29. The number of amides is 1. The number of nitrogens with one attached hydrogen (secondary N) is 1. The molecule has 6 nitrogen and oxygen atoms in total. The molecule has 0 saturated heterocycles. The average Bonchev–Trinajstić information content (AvgIpc) is 2.69. The highest BCUT2D eigenvalue weighted by Gasteiger charge is 2.14. The van der Waals surface area contributed by atoms with E-state index in [1.807, 2.05) is 43.3 Å². The number of rotatable bonds is 6. The van der Waals surface area contributed by atoms with Crippen LogP contribution in [0.3, 0.4) is 0 Å². The maximum absolute atomic E-state index is 12.5. The van der Waals surface area contributed by atoms with Gasteiger partial charge in [0.15, 0.2) is 11.5 Å². The van der Waals surface area contributed by atoms with Crippen LogP contribution in [0.15, 0.2) is 60.9 Å². The number of benzene rings is 1. The topological polar surface area (TPSA) is 71.0 Å². The predicted molar refractivity (Wildman–Crippen MR) is 101 cm³/mol. The third-order valence-corrected chi connectivity index (χ3v) is 4.12. The lowest BCUT2D eigenvalue weighted by atomic mass is 10.2. The van der Waals surface area contributed by atoms with E-state index >= 15 is 0 Å². The Morgan fingerprint density at radius 3 is 2.50 bits per heavy atom. The maximum Gasteiger partial charge on any atom is 0.274 e. The van der Waals surface area contributed by atoms with Crippen molar-refractivity contribution in [3.05, 3.63) is 77.7 Å². The molecule has 3 aromatic rings. The van der Waals surface area contributed by atoms with E-state index in [9.17, 15) is 4.79 Å². The summed E-state index contributed by atoms with van der Waals surface area (Å²) in [6.07, 6.45) is 4.27. The minimum Gasteiger partial charge on any atom is -0.340 e. The molecule has 1 aromatic carbocycles. The molecule has 0 saturated carbocycles. The van der Waals surface area contributed by atoms with Crippen LogP contribution in [0.1, 0.15) is 21.6 Å². The summed E-state index contributed by atoms with van der Waals surface area (Å²) in [5.74, 6) is 0.462. The molecule has 0 unspecified atom stereocenters. The summed E-state index contributed by atoms with van der Waals surface area (Å²) in [5, 5.41) is 11.4. The van der Waals surface area contributed by atoms with Crippen LogP contribution < -0.4 is 5.32 Å². The number of hydrogen-bond acceptors (Lipinski definition) is 5.